The lowest BCUT2D eigenvalue weighted by molar-refractivity contribution is -0.211. The molecule has 1 unspecified atom stereocenters. The lowest BCUT2D eigenvalue weighted by Gasteiger charge is -2.37. The van der Waals surface area contributed by atoms with E-state index in [1.165, 1.54) is 10.9 Å². The molecule has 0 aliphatic carbocycles. The summed E-state index contributed by atoms with van der Waals surface area (Å²) in [6.07, 6.45) is 5.50. The number of H-pyrrole nitrogens is 1. The molecule has 7 rings (SSSR count). The van der Waals surface area contributed by atoms with Crippen molar-refractivity contribution < 1.29 is 27.8 Å². The predicted molar refractivity (Wildman–Crippen MR) is 216 cm³/mol. The fraction of sp³-hybridized carbons (Fsp3) is 0.419. The Kier molecular flexibility index (Phi) is 11.0. The van der Waals surface area contributed by atoms with Gasteiger partial charge >= 0.3 is 0 Å². The molecule has 0 spiro atoms. The number of imidazole rings is 1. The zero-order valence-electron chi connectivity index (χ0n) is 32.8. The number of anilines is 1. The minimum atomic E-state index is -2.52. The number of fused-ring (bicyclic) bond motifs is 1. The minimum absolute atomic E-state index is 0.0120. The highest BCUT2D eigenvalue weighted by atomic mass is 28.4. The molecular weight excluding hydrogens is 730 g/mol. The van der Waals surface area contributed by atoms with Crippen LogP contribution in [0, 0.1) is 12.3 Å². The Morgan fingerprint density at radius 2 is 1.66 bits per heavy atom. The van der Waals surface area contributed by atoms with E-state index in [-0.39, 0.29) is 28.8 Å². The smallest absolute Gasteiger partial charge is 0.280 e. The number of hydrogen-bond acceptors (Lipinski definition) is 9. The van der Waals surface area contributed by atoms with E-state index in [1.807, 2.05) is 84.9 Å². The molecular formula is C43H50FN5O6Si. The number of aromatic amines is 1. The number of rotatable bonds is 12. The van der Waals surface area contributed by atoms with Crippen molar-refractivity contribution in [3.8, 4) is 18.1 Å². The molecule has 11 nitrogen and oxygen atoms in total. The van der Waals surface area contributed by atoms with Gasteiger partial charge in [0.2, 0.25) is 11.6 Å². The van der Waals surface area contributed by atoms with Gasteiger partial charge in [0.05, 0.1) is 20.0 Å². The van der Waals surface area contributed by atoms with Crippen LogP contribution >= 0.6 is 0 Å². The summed E-state index contributed by atoms with van der Waals surface area (Å²) in [6, 6.07) is 27.4. The first-order valence-electron chi connectivity index (χ1n) is 19.0. The van der Waals surface area contributed by atoms with Crippen molar-refractivity contribution in [1.82, 2.24) is 19.5 Å². The lowest BCUT2D eigenvalue weighted by Crippen LogP contribution is -2.49. The van der Waals surface area contributed by atoms with Gasteiger partial charge in [0.15, 0.2) is 32.0 Å². The normalized spacial score (nSPS) is 23.2. The second-order valence-electron chi connectivity index (χ2n) is 15.9. The van der Waals surface area contributed by atoms with Crippen LogP contribution in [0.5, 0.6) is 5.75 Å². The molecule has 0 amide bonds. The first-order chi connectivity index (χ1) is 26.8. The topological polar surface area (TPSA) is 122 Å². The summed E-state index contributed by atoms with van der Waals surface area (Å²) < 4.78 is 50.0. The third-order valence-corrected chi connectivity index (χ3v) is 15.9. The summed E-state index contributed by atoms with van der Waals surface area (Å²) in [5, 5.41) is 3.49. The monoisotopic (exact) mass is 779 g/mol. The Morgan fingerprint density at radius 1 is 1.02 bits per heavy atom. The van der Waals surface area contributed by atoms with Crippen LogP contribution < -0.4 is 15.6 Å². The zero-order valence-corrected chi connectivity index (χ0v) is 33.8. The van der Waals surface area contributed by atoms with E-state index in [0.29, 0.717) is 18.8 Å². The van der Waals surface area contributed by atoms with Gasteiger partial charge in [-0.1, -0.05) is 99.5 Å². The van der Waals surface area contributed by atoms with Crippen molar-refractivity contribution >= 4 is 25.4 Å². The maximum Gasteiger partial charge on any atom is 0.280 e. The molecule has 294 valence electrons. The van der Waals surface area contributed by atoms with Gasteiger partial charge in [0, 0.05) is 6.61 Å². The number of halogens is 1. The first-order valence-corrected chi connectivity index (χ1v) is 22.0. The predicted octanol–water partition coefficient (Wildman–Crippen LogP) is 7.70. The minimum Gasteiger partial charge on any atom is -0.497 e. The number of nitrogens with one attached hydrogen (secondary N) is 2. The molecule has 2 fully saturated rings. The zero-order chi connectivity index (χ0) is 39.7. The Morgan fingerprint density at radius 3 is 2.23 bits per heavy atom. The van der Waals surface area contributed by atoms with Gasteiger partial charge in [-0.15, -0.1) is 6.42 Å². The number of nitrogens with zero attached hydrogens (tertiary/aromatic N) is 3. The van der Waals surface area contributed by atoms with Gasteiger partial charge in [-0.25, -0.2) is 9.37 Å². The summed E-state index contributed by atoms with van der Waals surface area (Å²) >= 11 is 0. The van der Waals surface area contributed by atoms with Gasteiger partial charge in [0.25, 0.3) is 5.56 Å². The van der Waals surface area contributed by atoms with E-state index in [4.69, 9.17) is 34.8 Å². The molecule has 2 aromatic heterocycles. The van der Waals surface area contributed by atoms with Crippen LogP contribution in [0.3, 0.4) is 0 Å². The summed E-state index contributed by atoms with van der Waals surface area (Å²) in [7, 11) is -0.688. The largest absolute Gasteiger partial charge is 0.497 e. The molecule has 2 aliphatic rings. The molecule has 2 saturated heterocycles. The molecule has 13 heteroatoms. The quantitative estimate of drug-likeness (QED) is 0.0746. The molecule has 5 atom stereocenters. The van der Waals surface area contributed by atoms with E-state index in [0.717, 1.165) is 29.5 Å². The van der Waals surface area contributed by atoms with Crippen molar-refractivity contribution in [2.24, 2.45) is 0 Å². The van der Waals surface area contributed by atoms with Crippen molar-refractivity contribution in [3.63, 3.8) is 0 Å². The maximum atomic E-state index is 17.7. The van der Waals surface area contributed by atoms with Crippen LogP contribution in [0.15, 0.2) is 96.1 Å². The van der Waals surface area contributed by atoms with E-state index >= 15 is 4.39 Å². The van der Waals surface area contributed by atoms with Gasteiger partial charge in [0.1, 0.15) is 23.5 Å². The van der Waals surface area contributed by atoms with Crippen LogP contribution in [-0.4, -0.2) is 72.3 Å². The molecule has 0 saturated carbocycles. The van der Waals surface area contributed by atoms with Crippen LogP contribution in [0.4, 0.5) is 10.3 Å². The number of alkyl halides is 1. The highest BCUT2D eigenvalue weighted by Crippen LogP contribution is 2.46. The van der Waals surface area contributed by atoms with Crippen molar-refractivity contribution in [1.29, 1.82) is 0 Å². The van der Waals surface area contributed by atoms with Crippen LogP contribution in [0.2, 0.25) is 18.1 Å². The van der Waals surface area contributed by atoms with Gasteiger partial charge in [-0.05, 0) is 66.2 Å². The van der Waals surface area contributed by atoms with Crippen LogP contribution in [-0.2, 0) is 24.2 Å². The Labute approximate surface area is 328 Å². The summed E-state index contributed by atoms with van der Waals surface area (Å²) in [4.78, 5) is 26.1. The standard InChI is InChI=1S/C43H50FN5O6Si/c1-8-42(44)36(55-34-21-15-16-26-52-34)33(27-53-56(6,7)41(2,3)4)54-39(42)49-28-45-35-37(49)46-40(47-38(35)50)48-43(29-17-11-9-12-18-29,30-19-13-10-14-20-30)31-22-24-32(51-5)25-23-31/h1,9-14,17-20,22-25,28,33-34,36,39H,15-16,21,26-27H2,2-7H3,(H2,46,47,48,50)/t33-,34?,36-,39+,42-/m1/s1. The van der Waals surface area contributed by atoms with Crippen molar-refractivity contribution in [2.45, 2.75) is 94.1 Å². The second-order valence-corrected chi connectivity index (χ2v) is 20.7. The highest BCUT2D eigenvalue weighted by molar-refractivity contribution is 6.74. The molecule has 56 heavy (non-hydrogen) atoms. The fourth-order valence-electron chi connectivity index (χ4n) is 7.24. The van der Waals surface area contributed by atoms with Crippen molar-refractivity contribution in [2.75, 3.05) is 25.6 Å². The lowest BCUT2D eigenvalue weighted by atomic mass is 9.77. The number of aromatic nitrogens is 4. The molecule has 0 bridgehead atoms. The van der Waals surface area contributed by atoms with E-state index < -0.39 is 49.8 Å². The first kappa shape index (κ1) is 39.4. The molecule has 2 aliphatic heterocycles. The van der Waals surface area contributed by atoms with E-state index in [1.54, 1.807) is 7.11 Å². The Balaban J connectivity index is 1.33. The second kappa shape index (κ2) is 15.6. The SMILES string of the molecule is C#C[C@@]1(F)[C@H](OC2CCCCO2)[C@@H](CO[Si](C)(C)C(C)(C)C)O[C@@H]1n1cnc2c(=O)[nH]c(NC(c3ccccc3)(c3ccccc3)c3ccc(OC)cc3)nc21. The molecule has 3 aromatic carbocycles. The average Bonchev–Trinajstić information content (AvgIpc) is 3.75. The van der Waals surface area contributed by atoms with Crippen molar-refractivity contribution in [3.05, 3.63) is 118 Å². The Hall–Kier alpha value is -4.84. The van der Waals surface area contributed by atoms with E-state index in [9.17, 15) is 4.79 Å². The average molecular weight is 780 g/mol. The molecule has 4 heterocycles. The van der Waals surface area contributed by atoms with Gasteiger partial charge in [-0.2, -0.15) is 4.98 Å². The number of terminal acetylenes is 1. The van der Waals surface area contributed by atoms with E-state index in [2.05, 4.69) is 55.1 Å². The highest BCUT2D eigenvalue weighted by Gasteiger charge is 2.60. The van der Waals surface area contributed by atoms with Crippen LogP contribution in [0.1, 0.15) is 63.0 Å². The third-order valence-electron chi connectivity index (χ3n) is 11.4. The maximum absolute atomic E-state index is 17.7. The molecule has 0 radical (unpaired) electrons. The Bertz CT molecular complexity index is 2170. The summed E-state index contributed by atoms with van der Waals surface area (Å²) in [6.45, 7) is 11.2. The van der Waals surface area contributed by atoms with Crippen LogP contribution in [0.25, 0.3) is 11.2 Å². The number of methoxy groups -OCH3 is 1. The van der Waals surface area contributed by atoms with Gasteiger partial charge in [-0.3, -0.25) is 14.3 Å². The van der Waals surface area contributed by atoms with Gasteiger partial charge < -0.3 is 28.7 Å². The summed E-state index contributed by atoms with van der Waals surface area (Å²) in [5.41, 5.74) is -1.48. The molecule has 5 aromatic rings. The fourth-order valence-corrected chi connectivity index (χ4v) is 8.25. The molecule has 2 N–H and O–H groups in total. The number of ether oxygens (including phenoxy) is 4. The number of benzene rings is 3. The summed E-state index contributed by atoms with van der Waals surface area (Å²) in [5.74, 6) is 3.17. The number of hydrogen-bond donors (Lipinski definition) is 2. The third kappa shape index (κ3) is 7.28.